The van der Waals surface area contributed by atoms with Crippen LogP contribution >= 0.6 is 0 Å². The summed E-state index contributed by atoms with van der Waals surface area (Å²) < 4.78 is 5.28. The number of fused-ring (bicyclic) bond motifs is 1. The van der Waals surface area contributed by atoms with Gasteiger partial charge in [-0.15, -0.1) is 0 Å². The monoisotopic (exact) mass is 519 g/mol. The van der Waals surface area contributed by atoms with Gasteiger partial charge in [-0.05, 0) is 55.7 Å². The van der Waals surface area contributed by atoms with Crippen molar-refractivity contribution in [3.63, 3.8) is 0 Å². The van der Waals surface area contributed by atoms with Gasteiger partial charge in [-0.2, -0.15) is 0 Å². The number of aliphatic hydroxyl groups excluding tert-OH is 1. The number of ether oxygens (including phenoxy) is 1. The number of nitrogens with one attached hydrogen (secondary N) is 2. The van der Waals surface area contributed by atoms with E-state index in [2.05, 4.69) is 10.6 Å². The number of anilines is 1. The molecule has 3 rings (SSSR count). The standard InChI is InChI=1S/C30H37N3O5/c1-5-6-18-33(28(36)25(20-34)32-29(37)38-30(2,3)4)26(22-13-8-7-9-14-22)27(35)31-24-17-16-21-12-10-11-15-23(21)19-24/h7-17,19,25-26,34H,5-6,18,20H2,1-4H3,(H,31,35)(H,32,37). The number of benzene rings is 3. The van der Waals surface area contributed by atoms with E-state index < -0.39 is 42.2 Å². The second-order valence-electron chi connectivity index (χ2n) is 10.1. The second-order valence-corrected chi connectivity index (χ2v) is 10.1. The van der Waals surface area contributed by atoms with Gasteiger partial charge < -0.3 is 25.4 Å². The van der Waals surface area contributed by atoms with E-state index in [4.69, 9.17) is 4.74 Å². The van der Waals surface area contributed by atoms with Gasteiger partial charge in [-0.1, -0.05) is 74.0 Å². The lowest BCUT2D eigenvalue weighted by atomic mass is 10.0. The normalized spacial score (nSPS) is 12.9. The maximum Gasteiger partial charge on any atom is 0.408 e. The molecular weight excluding hydrogens is 482 g/mol. The molecule has 2 unspecified atom stereocenters. The Kier molecular flexibility index (Phi) is 9.85. The fraction of sp³-hybridized carbons (Fsp3) is 0.367. The molecule has 0 saturated carbocycles. The maximum atomic E-state index is 13.8. The smallest absolute Gasteiger partial charge is 0.408 e. The molecule has 0 aliphatic heterocycles. The summed E-state index contributed by atoms with van der Waals surface area (Å²) in [7, 11) is 0. The van der Waals surface area contributed by atoms with Crippen LogP contribution in [0.25, 0.3) is 10.8 Å². The summed E-state index contributed by atoms with van der Waals surface area (Å²) in [6.45, 7) is 6.72. The molecular formula is C30H37N3O5. The summed E-state index contributed by atoms with van der Waals surface area (Å²) in [6, 6.07) is 20.2. The molecule has 0 aliphatic rings. The molecule has 0 spiro atoms. The summed E-state index contributed by atoms with van der Waals surface area (Å²) >= 11 is 0. The summed E-state index contributed by atoms with van der Waals surface area (Å²) in [6.07, 6.45) is 0.585. The first kappa shape index (κ1) is 28.7. The zero-order chi connectivity index (χ0) is 27.7. The van der Waals surface area contributed by atoms with Crippen molar-refractivity contribution in [2.24, 2.45) is 0 Å². The van der Waals surface area contributed by atoms with Gasteiger partial charge in [0.1, 0.15) is 17.7 Å². The van der Waals surface area contributed by atoms with E-state index in [1.165, 1.54) is 4.90 Å². The van der Waals surface area contributed by atoms with Gasteiger partial charge in [-0.3, -0.25) is 9.59 Å². The van der Waals surface area contributed by atoms with E-state index in [0.29, 0.717) is 17.7 Å². The molecule has 38 heavy (non-hydrogen) atoms. The zero-order valence-corrected chi connectivity index (χ0v) is 22.4. The number of carbonyl (C=O) groups excluding carboxylic acids is 3. The second kappa shape index (κ2) is 13.1. The molecule has 8 nitrogen and oxygen atoms in total. The Morgan fingerprint density at radius 3 is 2.24 bits per heavy atom. The van der Waals surface area contributed by atoms with Crippen molar-refractivity contribution in [2.75, 3.05) is 18.5 Å². The summed E-state index contributed by atoms with van der Waals surface area (Å²) in [4.78, 5) is 41.4. The third-order valence-electron chi connectivity index (χ3n) is 5.90. The number of nitrogens with zero attached hydrogens (tertiary/aromatic N) is 1. The van der Waals surface area contributed by atoms with Gasteiger partial charge in [0.05, 0.1) is 6.61 Å². The van der Waals surface area contributed by atoms with E-state index >= 15 is 0 Å². The van der Waals surface area contributed by atoms with Crippen LogP contribution in [0.3, 0.4) is 0 Å². The molecule has 0 fully saturated rings. The Labute approximate surface area is 224 Å². The molecule has 0 saturated heterocycles. The Morgan fingerprint density at radius 1 is 0.947 bits per heavy atom. The van der Waals surface area contributed by atoms with Gasteiger partial charge in [-0.25, -0.2) is 4.79 Å². The maximum absolute atomic E-state index is 13.8. The minimum atomic E-state index is -1.28. The van der Waals surface area contributed by atoms with Gasteiger partial charge in [0.15, 0.2) is 0 Å². The van der Waals surface area contributed by atoms with Crippen molar-refractivity contribution < 1.29 is 24.2 Å². The number of amides is 3. The van der Waals surface area contributed by atoms with Crippen LogP contribution in [0, 0.1) is 0 Å². The first-order valence-electron chi connectivity index (χ1n) is 12.9. The highest BCUT2D eigenvalue weighted by Gasteiger charge is 2.35. The molecule has 0 aromatic heterocycles. The van der Waals surface area contributed by atoms with E-state index in [1.54, 1.807) is 45.0 Å². The third-order valence-corrected chi connectivity index (χ3v) is 5.90. The van der Waals surface area contributed by atoms with Gasteiger partial charge in [0.2, 0.25) is 5.91 Å². The lowest BCUT2D eigenvalue weighted by Gasteiger charge is -2.34. The first-order chi connectivity index (χ1) is 18.1. The van der Waals surface area contributed by atoms with Crippen LogP contribution in [0.15, 0.2) is 72.8 Å². The molecule has 3 aromatic carbocycles. The number of rotatable bonds is 10. The predicted octanol–water partition coefficient (Wildman–Crippen LogP) is 5.03. The SMILES string of the molecule is CCCCN(C(=O)C(CO)NC(=O)OC(C)(C)C)C(C(=O)Nc1ccc2ccccc2c1)c1ccccc1. The van der Waals surface area contributed by atoms with Crippen molar-refractivity contribution >= 4 is 34.4 Å². The van der Waals surface area contributed by atoms with Crippen LogP contribution in [-0.2, 0) is 14.3 Å². The van der Waals surface area contributed by atoms with Gasteiger partial charge in [0, 0.05) is 12.2 Å². The van der Waals surface area contributed by atoms with Crippen molar-refractivity contribution in [2.45, 2.75) is 58.2 Å². The molecule has 0 bridgehead atoms. The minimum Gasteiger partial charge on any atom is -0.444 e. The Morgan fingerprint density at radius 2 is 1.61 bits per heavy atom. The third kappa shape index (κ3) is 7.79. The molecule has 3 N–H and O–H groups in total. The van der Waals surface area contributed by atoms with Crippen LogP contribution in [0.1, 0.15) is 52.1 Å². The molecule has 3 aromatic rings. The number of unbranched alkanes of at least 4 members (excludes halogenated alkanes) is 1. The van der Waals surface area contributed by atoms with E-state index in [1.807, 2.05) is 55.5 Å². The van der Waals surface area contributed by atoms with E-state index in [9.17, 15) is 19.5 Å². The van der Waals surface area contributed by atoms with Gasteiger partial charge >= 0.3 is 6.09 Å². The fourth-order valence-corrected chi connectivity index (χ4v) is 4.12. The topological polar surface area (TPSA) is 108 Å². The summed E-state index contributed by atoms with van der Waals surface area (Å²) in [5, 5.41) is 17.5. The predicted molar refractivity (Wildman–Crippen MR) is 149 cm³/mol. The van der Waals surface area contributed by atoms with Crippen LogP contribution in [0.5, 0.6) is 0 Å². The van der Waals surface area contributed by atoms with Gasteiger partial charge in [0.25, 0.3) is 5.91 Å². The quantitative estimate of drug-likeness (QED) is 0.348. The van der Waals surface area contributed by atoms with Crippen molar-refractivity contribution in [3.05, 3.63) is 78.4 Å². The number of hydrogen-bond acceptors (Lipinski definition) is 5. The summed E-state index contributed by atoms with van der Waals surface area (Å²) in [5.74, 6) is -0.973. The Hall–Kier alpha value is -3.91. The van der Waals surface area contributed by atoms with Crippen LogP contribution in [0.2, 0.25) is 0 Å². The average molecular weight is 520 g/mol. The average Bonchev–Trinajstić information content (AvgIpc) is 2.88. The highest BCUT2D eigenvalue weighted by molar-refractivity contribution is 6.00. The molecule has 0 heterocycles. The molecule has 0 radical (unpaired) electrons. The number of alkyl carbamates (subject to hydrolysis) is 1. The van der Waals surface area contributed by atoms with E-state index in [0.717, 1.165) is 17.2 Å². The van der Waals surface area contributed by atoms with Crippen molar-refractivity contribution in [3.8, 4) is 0 Å². The van der Waals surface area contributed by atoms with Crippen LogP contribution in [-0.4, -0.2) is 52.7 Å². The Bertz CT molecular complexity index is 1240. The molecule has 2 atom stereocenters. The van der Waals surface area contributed by atoms with Crippen LogP contribution in [0.4, 0.5) is 10.5 Å². The molecule has 8 heteroatoms. The molecule has 202 valence electrons. The number of aliphatic hydroxyl groups is 1. The fourth-order valence-electron chi connectivity index (χ4n) is 4.12. The molecule has 3 amide bonds. The molecule has 0 aliphatic carbocycles. The first-order valence-corrected chi connectivity index (χ1v) is 12.9. The summed E-state index contributed by atoms with van der Waals surface area (Å²) in [5.41, 5.74) is 0.439. The zero-order valence-electron chi connectivity index (χ0n) is 22.4. The lowest BCUT2D eigenvalue weighted by Crippen LogP contribution is -2.54. The van der Waals surface area contributed by atoms with Crippen molar-refractivity contribution in [1.29, 1.82) is 0 Å². The number of carbonyl (C=O) groups is 3. The van der Waals surface area contributed by atoms with Crippen molar-refractivity contribution in [1.82, 2.24) is 10.2 Å². The highest BCUT2D eigenvalue weighted by atomic mass is 16.6. The largest absolute Gasteiger partial charge is 0.444 e. The lowest BCUT2D eigenvalue weighted by molar-refractivity contribution is -0.141. The Balaban J connectivity index is 1.94. The van der Waals surface area contributed by atoms with Crippen LogP contribution < -0.4 is 10.6 Å². The number of hydrogen-bond donors (Lipinski definition) is 3. The minimum absolute atomic E-state index is 0.256. The highest BCUT2D eigenvalue weighted by Crippen LogP contribution is 2.26. The van der Waals surface area contributed by atoms with E-state index in [-0.39, 0.29) is 6.54 Å².